The van der Waals surface area contributed by atoms with Crippen LogP contribution in [0.3, 0.4) is 0 Å². The summed E-state index contributed by atoms with van der Waals surface area (Å²) in [4.78, 5) is 54.6. The van der Waals surface area contributed by atoms with Gasteiger partial charge in [0.05, 0.1) is 16.6 Å². The molecule has 0 saturated carbocycles. The zero-order valence-corrected chi connectivity index (χ0v) is 27.2. The van der Waals surface area contributed by atoms with Gasteiger partial charge < -0.3 is 14.5 Å². The minimum Gasteiger partial charge on any atom is -0.442 e. The Morgan fingerprint density at radius 2 is 1.54 bits per heavy atom. The van der Waals surface area contributed by atoms with E-state index < -0.39 is 11.7 Å². The molecular weight excluding hydrogens is 587 g/mol. The fourth-order valence-corrected chi connectivity index (χ4v) is 5.63. The molecule has 0 unspecified atom stereocenters. The number of aromatic nitrogens is 2. The van der Waals surface area contributed by atoms with Crippen LogP contribution in [-0.4, -0.2) is 63.5 Å². The van der Waals surface area contributed by atoms with Crippen molar-refractivity contribution in [1.29, 1.82) is 0 Å². The van der Waals surface area contributed by atoms with Gasteiger partial charge in [0.25, 0.3) is 11.5 Å². The molecule has 10 heteroatoms. The molecule has 1 aliphatic rings. The van der Waals surface area contributed by atoms with E-state index in [4.69, 9.17) is 4.74 Å². The van der Waals surface area contributed by atoms with E-state index in [1.165, 1.54) is 37.8 Å². The average Bonchev–Trinajstić information content (AvgIpc) is 3.05. The Kier molecular flexibility index (Phi) is 12.6. The van der Waals surface area contributed by atoms with Crippen molar-refractivity contribution in [3.05, 3.63) is 87.1 Å². The van der Waals surface area contributed by atoms with Crippen LogP contribution >= 0.6 is 0 Å². The molecule has 4 rings (SSSR count). The van der Waals surface area contributed by atoms with Crippen LogP contribution in [0.2, 0.25) is 0 Å². The summed E-state index contributed by atoms with van der Waals surface area (Å²) in [6.45, 7) is 6.94. The lowest BCUT2D eigenvalue weighted by atomic mass is 10.0. The molecule has 2 amide bonds. The van der Waals surface area contributed by atoms with E-state index in [2.05, 4.69) is 12.0 Å². The second-order valence-electron chi connectivity index (χ2n) is 12.1. The third-order valence-electron chi connectivity index (χ3n) is 8.20. The van der Waals surface area contributed by atoms with E-state index in [0.717, 1.165) is 29.5 Å². The van der Waals surface area contributed by atoms with Crippen molar-refractivity contribution in [2.24, 2.45) is 0 Å². The molecule has 2 aromatic carbocycles. The van der Waals surface area contributed by atoms with E-state index in [9.17, 15) is 23.6 Å². The maximum Gasteiger partial charge on any atom is 0.307 e. The number of fused-ring (bicyclic) bond motifs is 1. The third-order valence-corrected chi connectivity index (χ3v) is 8.20. The Labute approximate surface area is 270 Å². The third kappa shape index (κ3) is 9.34. The fraction of sp³-hybridized carbons (Fsp3) is 0.472. The fourth-order valence-electron chi connectivity index (χ4n) is 5.63. The Hall–Kier alpha value is -4.34. The van der Waals surface area contributed by atoms with Gasteiger partial charge in [-0.05, 0) is 44.0 Å². The molecule has 2 heterocycles. The number of halogens is 1. The molecule has 1 fully saturated rings. The number of nitrogens with zero attached hydrogens (tertiary/aromatic N) is 4. The van der Waals surface area contributed by atoms with Crippen LogP contribution in [0.1, 0.15) is 93.8 Å². The number of ether oxygens (including phenoxy) is 1. The molecule has 246 valence electrons. The van der Waals surface area contributed by atoms with Crippen LogP contribution in [0.25, 0.3) is 10.8 Å². The highest BCUT2D eigenvalue weighted by atomic mass is 19.1. The number of amides is 2. The van der Waals surface area contributed by atoms with Gasteiger partial charge in [0.1, 0.15) is 5.82 Å². The van der Waals surface area contributed by atoms with Crippen LogP contribution in [0.5, 0.6) is 0 Å². The molecule has 0 spiro atoms. The van der Waals surface area contributed by atoms with Crippen molar-refractivity contribution >= 4 is 28.6 Å². The lowest BCUT2D eigenvalue weighted by Crippen LogP contribution is -2.50. The molecule has 9 nitrogen and oxygen atoms in total. The Bertz CT molecular complexity index is 1620. The highest BCUT2D eigenvalue weighted by Gasteiger charge is 2.26. The number of hydrogen-bond acceptors (Lipinski definition) is 6. The zero-order valence-electron chi connectivity index (χ0n) is 27.2. The summed E-state index contributed by atoms with van der Waals surface area (Å²) < 4.78 is 21.5. The summed E-state index contributed by atoms with van der Waals surface area (Å²) in [5.74, 6) is -1.54. The SMILES string of the molecule is CCCCCCCCCC(=O)OCn1nc(Cc2ccc(F)c(C(=O)N3CCN(C(=O)C=C(C)C)CC3)c2)c2ccccc2c1=O. The van der Waals surface area contributed by atoms with Gasteiger partial charge in [0.15, 0.2) is 6.73 Å². The number of piperazine rings is 1. The van der Waals surface area contributed by atoms with Crippen LogP contribution in [0, 0.1) is 5.82 Å². The van der Waals surface area contributed by atoms with Crippen LogP contribution in [-0.2, 0) is 27.5 Å². The first-order valence-corrected chi connectivity index (χ1v) is 16.3. The first-order chi connectivity index (χ1) is 22.2. The number of allylic oxidation sites excluding steroid dienone is 1. The smallest absolute Gasteiger partial charge is 0.307 e. The van der Waals surface area contributed by atoms with Crippen LogP contribution < -0.4 is 5.56 Å². The Balaban J connectivity index is 1.44. The van der Waals surface area contributed by atoms with Crippen molar-refractivity contribution < 1.29 is 23.5 Å². The zero-order chi connectivity index (χ0) is 33.1. The average molecular weight is 633 g/mol. The van der Waals surface area contributed by atoms with Gasteiger partial charge in [-0.2, -0.15) is 9.78 Å². The maximum atomic E-state index is 15.0. The molecule has 0 aliphatic carbocycles. The number of rotatable bonds is 14. The first-order valence-electron chi connectivity index (χ1n) is 16.3. The molecule has 0 N–H and O–H groups in total. The van der Waals surface area contributed by atoms with Crippen molar-refractivity contribution in [3.63, 3.8) is 0 Å². The standard InChI is InChI=1S/C36H45FN4O5/c1-4-5-6-7-8-9-10-15-34(43)46-25-41-36(45)29-14-12-11-13-28(29)32(38-41)24-27-16-17-31(37)30(23-27)35(44)40-20-18-39(19-21-40)33(42)22-26(2)3/h11-14,16-17,22-23H,4-10,15,18-21,24-25H2,1-3H3. The second kappa shape index (κ2) is 16.8. The molecule has 46 heavy (non-hydrogen) atoms. The lowest BCUT2D eigenvalue weighted by molar-refractivity contribution is -0.148. The minimum absolute atomic E-state index is 0.0569. The predicted octanol–water partition coefficient (Wildman–Crippen LogP) is 6.02. The first kappa shape index (κ1) is 34.5. The number of hydrogen-bond donors (Lipinski definition) is 0. The van der Waals surface area contributed by atoms with Crippen molar-refractivity contribution in [3.8, 4) is 0 Å². The van der Waals surface area contributed by atoms with E-state index in [1.54, 1.807) is 46.2 Å². The molecule has 1 aliphatic heterocycles. The van der Waals surface area contributed by atoms with Gasteiger partial charge in [-0.1, -0.05) is 75.3 Å². The Morgan fingerprint density at radius 1 is 0.891 bits per heavy atom. The van der Waals surface area contributed by atoms with E-state index >= 15 is 0 Å². The number of carbonyl (C=O) groups is 3. The van der Waals surface area contributed by atoms with Gasteiger partial charge in [0, 0.05) is 50.5 Å². The van der Waals surface area contributed by atoms with Crippen LogP contribution in [0.4, 0.5) is 4.39 Å². The quantitative estimate of drug-likeness (QED) is 0.122. The summed E-state index contributed by atoms with van der Waals surface area (Å²) in [7, 11) is 0. The molecule has 0 bridgehead atoms. The van der Waals surface area contributed by atoms with Gasteiger partial charge in [-0.25, -0.2) is 4.39 Å². The van der Waals surface area contributed by atoms with Gasteiger partial charge >= 0.3 is 5.97 Å². The number of esters is 1. The summed E-state index contributed by atoms with van der Waals surface area (Å²) in [5, 5.41) is 5.59. The summed E-state index contributed by atoms with van der Waals surface area (Å²) in [6, 6.07) is 11.4. The van der Waals surface area contributed by atoms with Crippen molar-refractivity contribution in [2.45, 2.75) is 85.3 Å². The monoisotopic (exact) mass is 632 g/mol. The lowest BCUT2D eigenvalue weighted by Gasteiger charge is -2.34. The maximum absolute atomic E-state index is 15.0. The number of unbranched alkanes of at least 4 members (excludes halogenated alkanes) is 6. The molecule has 0 radical (unpaired) electrons. The van der Waals surface area contributed by atoms with Crippen LogP contribution in [0.15, 0.2) is 58.9 Å². The van der Waals surface area contributed by atoms with E-state index in [-0.39, 0.29) is 42.6 Å². The topological polar surface area (TPSA) is 102 Å². The molecule has 0 atom stereocenters. The number of benzene rings is 2. The second-order valence-corrected chi connectivity index (χ2v) is 12.1. The minimum atomic E-state index is -0.632. The van der Waals surface area contributed by atoms with Gasteiger partial charge in [-0.3, -0.25) is 19.2 Å². The van der Waals surface area contributed by atoms with Crippen molar-refractivity contribution in [2.75, 3.05) is 26.2 Å². The van der Waals surface area contributed by atoms with Gasteiger partial charge in [0.2, 0.25) is 5.91 Å². The summed E-state index contributed by atoms with van der Waals surface area (Å²) in [5.41, 5.74) is 1.65. The highest BCUT2D eigenvalue weighted by Crippen LogP contribution is 2.21. The highest BCUT2D eigenvalue weighted by molar-refractivity contribution is 5.95. The molecule has 3 aromatic rings. The Morgan fingerprint density at radius 3 is 2.24 bits per heavy atom. The molecular formula is C36H45FN4O5. The van der Waals surface area contributed by atoms with Gasteiger partial charge in [-0.15, -0.1) is 0 Å². The van der Waals surface area contributed by atoms with E-state index in [0.29, 0.717) is 48.2 Å². The normalized spacial score (nSPS) is 13.1. The molecule has 1 aromatic heterocycles. The number of carbonyl (C=O) groups excluding carboxylic acids is 3. The predicted molar refractivity (Wildman–Crippen MR) is 176 cm³/mol. The molecule has 1 saturated heterocycles. The largest absolute Gasteiger partial charge is 0.442 e. The van der Waals surface area contributed by atoms with E-state index in [1.807, 2.05) is 13.8 Å². The van der Waals surface area contributed by atoms with Crippen molar-refractivity contribution in [1.82, 2.24) is 19.6 Å². The summed E-state index contributed by atoms with van der Waals surface area (Å²) in [6.07, 6.45) is 9.69. The summed E-state index contributed by atoms with van der Waals surface area (Å²) >= 11 is 0.